The van der Waals surface area contributed by atoms with Crippen LogP contribution in [0.15, 0.2) is 47.1 Å². The number of hydrazone groups is 1. The van der Waals surface area contributed by atoms with Crippen molar-refractivity contribution in [3.63, 3.8) is 0 Å². The maximum atomic E-state index is 12.8. The normalized spacial score (nSPS) is 17.4. The SMILES string of the molecule is CC1=NN(c2ccc(C)c(C)c2)C(=O)/C1=C/c1ccc2c(c1)OCO2. The molecule has 0 N–H and O–H groups in total. The van der Waals surface area contributed by atoms with E-state index in [0.717, 1.165) is 22.6 Å². The Labute approximate surface area is 146 Å². The molecule has 0 aliphatic carbocycles. The number of rotatable bonds is 2. The molecule has 2 aliphatic heterocycles. The van der Waals surface area contributed by atoms with Gasteiger partial charge in [-0.15, -0.1) is 0 Å². The number of hydrogen-bond acceptors (Lipinski definition) is 4. The van der Waals surface area contributed by atoms with Crippen LogP contribution < -0.4 is 14.5 Å². The monoisotopic (exact) mass is 334 g/mol. The Kier molecular flexibility index (Phi) is 3.57. The fourth-order valence-corrected chi connectivity index (χ4v) is 2.89. The lowest BCUT2D eigenvalue weighted by molar-refractivity contribution is -0.114. The van der Waals surface area contributed by atoms with E-state index in [2.05, 4.69) is 5.10 Å². The van der Waals surface area contributed by atoms with E-state index in [1.807, 2.05) is 63.2 Å². The van der Waals surface area contributed by atoms with Crippen molar-refractivity contribution in [3.8, 4) is 11.5 Å². The summed E-state index contributed by atoms with van der Waals surface area (Å²) < 4.78 is 10.7. The number of nitrogens with zero attached hydrogens (tertiary/aromatic N) is 2. The molecule has 0 aromatic heterocycles. The second-order valence-electron chi connectivity index (χ2n) is 6.24. The molecule has 5 heteroatoms. The van der Waals surface area contributed by atoms with E-state index in [1.54, 1.807) is 0 Å². The molecular weight excluding hydrogens is 316 g/mol. The highest BCUT2D eigenvalue weighted by Gasteiger charge is 2.29. The van der Waals surface area contributed by atoms with Crippen LogP contribution in [-0.2, 0) is 4.79 Å². The summed E-state index contributed by atoms with van der Waals surface area (Å²) in [4.78, 5) is 12.8. The van der Waals surface area contributed by atoms with E-state index < -0.39 is 0 Å². The molecule has 4 rings (SSSR count). The number of hydrogen-bond donors (Lipinski definition) is 0. The average Bonchev–Trinajstić information content (AvgIpc) is 3.16. The molecule has 2 aliphatic rings. The molecule has 2 aromatic rings. The zero-order valence-corrected chi connectivity index (χ0v) is 14.4. The Morgan fingerprint density at radius 1 is 1.00 bits per heavy atom. The second-order valence-corrected chi connectivity index (χ2v) is 6.24. The summed E-state index contributed by atoms with van der Waals surface area (Å²) in [5.74, 6) is 1.29. The lowest BCUT2D eigenvalue weighted by Gasteiger charge is -2.13. The third-order valence-corrected chi connectivity index (χ3v) is 4.51. The van der Waals surface area contributed by atoms with Crippen LogP contribution in [0.2, 0.25) is 0 Å². The number of anilines is 1. The Hall–Kier alpha value is -3.08. The van der Waals surface area contributed by atoms with E-state index in [0.29, 0.717) is 17.0 Å². The summed E-state index contributed by atoms with van der Waals surface area (Å²) in [5.41, 5.74) is 5.25. The quantitative estimate of drug-likeness (QED) is 0.784. The molecule has 126 valence electrons. The zero-order chi connectivity index (χ0) is 17.6. The molecule has 25 heavy (non-hydrogen) atoms. The Morgan fingerprint density at radius 3 is 2.60 bits per heavy atom. The first-order valence-corrected chi connectivity index (χ1v) is 8.11. The maximum absolute atomic E-state index is 12.8. The molecule has 0 unspecified atom stereocenters. The van der Waals surface area contributed by atoms with Crippen molar-refractivity contribution in [1.29, 1.82) is 0 Å². The third kappa shape index (κ3) is 2.67. The Morgan fingerprint density at radius 2 is 1.80 bits per heavy atom. The number of ether oxygens (including phenoxy) is 2. The molecular formula is C20H18N2O3. The smallest absolute Gasteiger partial charge is 0.280 e. The minimum absolute atomic E-state index is 0.126. The summed E-state index contributed by atoms with van der Waals surface area (Å²) in [6.07, 6.45) is 1.84. The molecule has 0 bridgehead atoms. The lowest BCUT2D eigenvalue weighted by atomic mass is 10.1. The Bertz CT molecular complexity index is 944. The molecule has 0 saturated heterocycles. The summed E-state index contributed by atoms with van der Waals surface area (Å²) >= 11 is 0. The van der Waals surface area contributed by atoms with Crippen molar-refractivity contribution in [2.24, 2.45) is 5.10 Å². The number of carbonyl (C=O) groups excluding carboxylic acids is 1. The highest BCUT2D eigenvalue weighted by Crippen LogP contribution is 2.34. The van der Waals surface area contributed by atoms with Crippen LogP contribution in [0.1, 0.15) is 23.6 Å². The van der Waals surface area contributed by atoms with Crippen LogP contribution in [0.3, 0.4) is 0 Å². The standard InChI is InChI=1S/C20H18N2O3/c1-12-4-6-16(8-13(12)2)22-20(23)17(14(3)21-22)9-15-5-7-18-19(10-15)25-11-24-18/h4-10H,11H2,1-3H3/b17-9+. The first-order valence-electron chi connectivity index (χ1n) is 8.11. The minimum Gasteiger partial charge on any atom is -0.454 e. The van der Waals surface area contributed by atoms with Crippen LogP contribution in [0.4, 0.5) is 5.69 Å². The van der Waals surface area contributed by atoms with Gasteiger partial charge in [0, 0.05) is 0 Å². The van der Waals surface area contributed by atoms with Crippen molar-refractivity contribution in [3.05, 3.63) is 58.7 Å². The van der Waals surface area contributed by atoms with Crippen molar-refractivity contribution in [2.45, 2.75) is 20.8 Å². The van der Waals surface area contributed by atoms with Gasteiger partial charge in [0.15, 0.2) is 11.5 Å². The highest BCUT2D eigenvalue weighted by molar-refractivity contribution is 6.32. The maximum Gasteiger partial charge on any atom is 0.280 e. The van der Waals surface area contributed by atoms with Crippen molar-refractivity contribution < 1.29 is 14.3 Å². The van der Waals surface area contributed by atoms with Gasteiger partial charge in [-0.3, -0.25) is 4.79 Å². The van der Waals surface area contributed by atoms with Gasteiger partial charge in [0.25, 0.3) is 5.91 Å². The summed E-state index contributed by atoms with van der Waals surface area (Å²) in [6.45, 7) is 6.15. The molecule has 0 fully saturated rings. The van der Waals surface area contributed by atoms with Crippen molar-refractivity contribution >= 4 is 23.4 Å². The molecule has 0 atom stereocenters. The van der Waals surface area contributed by atoms with E-state index in [1.165, 1.54) is 10.6 Å². The van der Waals surface area contributed by atoms with Crippen LogP contribution in [0, 0.1) is 13.8 Å². The lowest BCUT2D eigenvalue weighted by Crippen LogP contribution is -2.21. The van der Waals surface area contributed by atoms with Crippen LogP contribution >= 0.6 is 0 Å². The number of carbonyl (C=O) groups is 1. The van der Waals surface area contributed by atoms with Gasteiger partial charge in [-0.1, -0.05) is 12.1 Å². The van der Waals surface area contributed by atoms with Crippen LogP contribution in [0.5, 0.6) is 11.5 Å². The fraction of sp³-hybridized carbons (Fsp3) is 0.200. The highest BCUT2D eigenvalue weighted by atomic mass is 16.7. The third-order valence-electron chi connectivity index (χ3n) is 4.51. The zero-order valence-electron chi connectivity index (χ0n) is 14.4. The van der Waals surface area contributed by atoms with Gasteiger partial charge in [-0.05, 0) is 67.8 Å². The van der Waals surface area contributed by atoms with E-state index >= 15 is 0 Å². The summed E-state index contributed by atoms with van der Waals surface area (Å²) in [6, 6.07) is 11.5. The van der Waals surface area contributed by atoms with Crippen molar-refractivity contribution in [2.75, 3.05) is 11.8 Å². The van der Waals surface area contributed by atoms with Crippen molar-refractivity contribution in [1.82, 2.24) is 0 Å². The first-order chi connectivity index (χ1) is 12.0. The summed E-state index contributed by atoms with van der Waals surface area (Å²) in [5, 5.41) is 5.90. The van der Waals surface area contributed by atoms with Gasteiger partial charge in [0.1, 0.15) is 0 Å². The molecule has 0 spiro atoms. The fourth-order valence-electron chi connectivity index (χ4n) is 2.89. The number of fused-ring (bicyclic) bond motifs is 1. The van der Waals surface area contributed by atoms with Crippen LogP contribution in [-0.4, -0.2) is 18.4 Å². The van der Waals surface area contributed by atoms with Gasteiger partial charge < -0.3 is 9.47 Å². The van der Waals surface area contributed by atoms with Gasteiger partial charge in [-0.25, -0.2) is 0 Å². The molecule has 2 heterocycles. The average molecular weight is 334 g/mol. The van der Waals surface area contributed by atoms with E-state index in [9.17, 15) is 4.79 Å². The van der Waals surface area contributed by atoms with Gasteiger partial charge in [0.05, 0.1) is 17.0 Å². The van der Waals surface area contributed by atoms with Gasteiger partial charge >= 0.3 is 0 Å². The van der Waals surface area contributed by atoms with Gasteiger partial charge in [-0.2, -0.15) is 10.1 Å². The predicted octanol–water partition coefficient (Wildman–Crippen LogP) is 3.84. The summed E-state index contributed by atoms with van der Waals surface area (Å²) in [7, 11) is 0. The molecule has 5 nitrogen and oxygen atoms in total. The number of benzene rings is 2. The molecule has 1 amide bonds. The molecule has 0 radical (unpaired) electrons. The number of aryl methyl sites for hydroxylation is 2. The predicted molar refractivity (Wildman–Crippen MR) is 97.1 cm³/mol. The molecule has 0 saturated carbocycles. The van der Waals surface area contributed by atoms with E-state index in [-0.39, 0.29) is 12.7 Å². The first kappa shape index (κ1) is 15.4. The minimum atomic E-state index is -0.126. The topological polar surface area (TPSA) is 51.1 Å². The van der Waals surface area contributed by atoms with Gasteiger partial charge in [0.2, 0.25) is 6.79 Å². The molecule has 2 aromatic carbocycles. The largest absolute Gasteiger partial charge is 0.454 e. The number of amides is 1. The second kappa shape index (κ2) is 5.77. The van der Waals surface area contributed by atoms with E-state index in [4.69, 9.17) is 9.47 Å². The van der Waals surface area contributed by atoms with Crippen LogP contribution in [0.25, 0.3) is 6.08 Å². The Balaban J connectivity index is 1.67.